The van der Waals surface area contributed by atoms with Crippen molar-refractivity contribution in [1.29, 1.82) is 0 Å². The molecule has 0 bridgehead atoms. The standard InChI is InChI=1S/C16H27N5O/c1-2-7-21-8-4-12(5-9-21)10-18-16(22)15-13-11-17-6-3-14(13)19-20-15/h12,17H,2-11H2,1H3,(H,18,22)(H,19,20). The van der Waals surface area contributed by atoms with Gasteiger partial charge in [-0.3, -0.25) is 9.89 Å². The maximum atomic E-state index is 12.4. The van der Waals surface area contributed by atoms with Gasteiger partial charge in [0.15, 0.2) is 5.69 Å². The van der Waals surface area contributed by atoms with Crippen molar-refractivity contribution in [3.63, 3.8) is 0 Å². The van der Waals surface area contributed by atoms with E-state index in [-0.39, 0.29) is 5.91 Å². The Morgan fingerprint density at radius 2 is 2.23 bits per heavy atom. The number of aromatic amines is 1. The topological polar surface area (TPSA) is 73.0 Å². The Labute approximate surface area is 132 Å². The van der Waals surface area contributed by atoms with E-state index in [0.29, 0.717) is 11.6 Å². The lowest BCUT2D eigenvalue weighted by Crippen LogP contribution is -2.39. The average molecular weight is 305 g/mol. The Kier molecular flexibility index (Phi) is 5.10. The zero-order valence-corrected chi connectivity index (χ0v) is 13.5. The summed E-state index contributed by atoms with van der Waals surface area (Å²) >= 11 is 0. The number of piperidine rings is 1. The molecule has 1 saturated heterocycles. The third-order valence-corrected chi connectivity index (χ3v) is 4.82. The van der Waals surface area contributed by atoms with Crippen LogP contribution in [0, 0.1) is 5.92 Å². The molecule has 0 atom stereocenters. The van der Waals surface area contributed by atoms with Gasteiger partial charge in [0.05, 0.1) is 0 Å². The van der Waals surface area contributed by atoms with E-state index in [9.17, 15) is 4.79 Å². The molecule has 122 valence electrons. The largest absolute Gasteiger partial charge is 0.350 e. The first-order valence-corrected chi connectivity index (χ1v) is 8.55. The molecule has 0 unspecified atom stereocenters. The highest BCUT2D eigenvalue weighted by atomic mass is 16.1. The molecule has 1 amide bonds. The third kappa shape index (κ3) is 3.50. The monoisotopic (exact) mass is 305 g/mol. The lowest BCUT2D eigenvalue weighted by molar-refractivity contribution is 0.0930. The highest BCUT2D eigenvalue weighted by Gasteiger charge is 2.23. The van der Waals surface area contributed by atoms with Gasteiger partial charge >= 0.3 is 0 Å². The minimum atomic E-state index is -0.0304. The molecule has 0 aliphatic carbocycles. The Morgan fingerprint density at radius 1 is 1.41 bits per heavy atom. The van der Waals surface area contributed by atoms with Crippen molar-refractivity contribution < 1.29 is 4.79 Å². The number of aromatic nitrogens is 2. The fourth-order valence-electron chi connectivity index (χ4n) is 3.46. The summed E-state index contributed by atoms with van der Waals surface area (Å²) in [6.07, 6.45) is 4.51. The summed E-state index contributed by atoms with van der Waals surface area (Å²) < 4.78 is 0. The number of amides is 1. The maximum absolute atomic E-state index is 12.4. The van der Waals surface area contributed by atoms with E-state index in [4.69, 9.17) is 0 Å². The Bertz CT molecular complexity index is 505. The minimum Gasteiger partial charge on any atom is -0.350 e. The molecule has 3 heterocycles. The van der Waals surface area contributed by atoms with Gasteiger partial charge in [0.2, 0.25) is 0 Å². The fraction of sp³-hybridized carbons (Fsp3) is 0.750. The first-order valence-electron chi connectivity index (χ1n) is 8.55. The first kappa shape index (κ1) is 15.5. The number of H-pyrrole nitrogens is 1. The zero-order valence-electron chi connectivity index (χ0n) is 13.5. The quantitative estimate of drug-likeness (QED) is 0.756. The molecule has 0 aromatic carbocycles. The van der Waals surface area contributed by atoms with Crippen LogP contribution in [-0.2, 0) is 13.0 Å². The van der Waals surface area contributed by atoms with Crippen molar-refractivity contribution in [2.45, 2.75) is 39.2 Å². The second-order valence-electron chi connectivity index (χ2n) is 6.45. The van der Waals surface area contributed by atoms with Gasteiger partial charge in [-0.05, 0) is 44.8 Å². The number of hydrogen-bond acceptors (Lipinski definition) is 4. The van der Waals surface area contributed by atoms with Crippen LogP contribution in [0.5, 0.6) is 0 Å². The number of nitrogens with zero attached hydrogens (tertiary/aromatic N) is 2. The van der Waals surface area contributed by atoms with Gasteiger partial charge in [-0.2, -0.15) is 5.10 Å². The summed E-state index contributed by atoms with van der Waals surface area (Å²) in [5, 5.41) is 13.6. The van der Waals surface area contributed by atoms with Crippen molar-refractivity contribution in [3.8, 4) is 0 Å². The number of likely N-dealkylation sites (tertiary alicyclic amines) is 1. The van der Waals surface area contributed by atoms with Crippen molar-refractivity contribution in [1.82, 2.24) is 25.7 Å². The molecule has 0 radical (unpaired) electrons. The smallest absolute Gasteiger partial charge is 0.272 e. The number of rotatable bonds is 5. The predicted octanol–water partition coefficient (Wildman–Crippen LogP) is 0.907. The van der Waals surface area contributed by atoms with Gasteiger partial charge in [0, 0.05) is 37.3 Å². The molecule has 0 saturated carbocycles. The van der Waals surface area contributed by atoms with Crippen LogP contribution in [0.15, 0.2) is 0 Å². The van der Waals surface area contributed by atoms with E-state index in [2.05, 4.69) is 32.7 Å². The van der Waals surface area contributed by atoms with Crippen LogP contribution in [0.25, 0.3) is 0 Å². The molecule has 3 rings (SSSR count). The molecule has 2 aliphatic heterocycles. The van der Waals surface area contributed by atoms with Crippen LogP contribution in [0.2, 0.25) is 0 Å². The van der Waals surface area contributed by atoms with E-state index < -0.39 is 0 Å². The number of carbonyl (C=O) groups excluding carboxylic acids is 1. The molecular formula is C16H27N5O. The number of carbonyl (C=O) groups is 1. The van der Waals surface area contributed by atoms with E-state index in [0.717, 1.165) is 50.4 Å². The summed E-state index contributed by atoms with van der Waals surface area (Å²) in [4.78, 5) is 14.9. The van der Waals surface area contributed by atoms with Gasteiger partial charge in [-0.1, -0.05) is 6.92 Å². The SMILES string of the molecule is CCCN1CCC(CNC(=O)c2n[nH]c3c2CNCC3)CC1. The first-order chi connectivity index (χ1) is 10.8. The van der Waals surface area contributed by atoms with Crippen LogP contribution in [0.3, 0.4) is 0 Å². The van der Waals surface area contributed by atoms with E-state index in [1.807, 2.05) is 0 Å². The van der Waals surface area contributed by atoms with Gasteiger partial charge in [0.1, 0.15) is 0 Å². The van der Waals surface area contributed by atoms with E-state index in [1.165, 1.54) is 25.8 Å². The molecular weight excluding hydrogens is 278 g/mol. The van der Waals surface area contributed by atoms with Crippen molar-refractivity contribution >= 4 is 5.91 Å². The number of hydrogen-bond donors (Lipinski definition) is 3. The van der Waals surface area contributed by atoms with Gasteiger partial charge in [0.25, 0.3) is 5.91 Å². The summed E-state index contributed by atoms with van der Waals surface area (Å²) in [5.41, 5.74) is 2.73. The lowest BCUT2D eigenvalue weighted by atomic mass is 9.96. The Hall–Kier alpha value is -1.40. The third-order valence-electron chi connectivity index (χ3n) is 4.82. The molecule has 2 aliphatic rings. The summed E-state index contributed by atoms with van der Waals surface area (Å²) in [5.74, 6) is 0.571. The summed E-state index contributed by atoms with van der Waals surface area (Å²) in [6.45, 7) is 8.22. The molecule has 22 heavy (non-hydrogen) atoms. The van der Waals surface area contributed by atoms with Gasteiger partial charge in [-0.15, -0.1) is 0 Å². The van der Waals surface area contributed by atoms with Crippen LogP contribution in [-0.4, -0.2) is 53.7 Å². The second kappa shape index (κ2) is 7.24. The predicted molar refractivity (Wildman–Crippen MR) is 85.8 cm³/mol. The molecule has 6 nitrogen and oxygen atoms in total. The number of nitrogens with one attached hydrogen (secondary N) is 3. The molecule has 1 aromatic heterocycles. The van der Waals surface area contributed by atoms with Crippen molar-refractivity contribution in [2.75, 3.05) is 32.7 Å². The second-order valence-corrected chi connectivity index (χ2v) is 6.45. The molecule has 1 aromatic rings. The molecule has 3 N–H and O–H groups in total. The normalized spacial score (nSPS) is 19.9. The van der Waals surface area contributed by atoms with Crippen molar-refractivity contribution in [2.24, 2.45) is 5.92 Å². The summed E-state index contributed by atoms with van der Waals surface area (Å²) in [6, 6.07) is 0. The van der Waals surface area contributed by atoms with Crippen LogP contribution < -0.4 is 10.6 Å². The zero-order chi connectivity index (χ0) is 15.4. The molecule has 6 heteroatoms. The Balaban J connectivity index is 1.48. The van der Waals surface area contributed by atoms with E-state index >= 15 is 0 Å². The van der Waals surface area contributed by atoms with Crippen LogP contribution >= 0.6 is 0 Å². The lowest BCUT2D eigenvalue weighted by Gasteiger charge is -2.31. The fourth-order valence-corrected chi connectivity index (χ4v) is 3.46. The van der Waals surface area contributed by atoms with Crippen molar-refractivity contribution in [3.05, 3.63) is 17.0 Å². The minimum absolute atomic E-state index is 0.0304. The molecule has 0 spiro atoms. The summed E-state index contributed by atoms with van der Waals surface area (Å²) in [7, 11) is 0. The maximum Gasteiger partial charge on any atom is 0.272 e. The van der Waals surface area contributed by atoms with Gasteiger partial charge in [-0.25, -0.2) is 0 Å². The van der Waals surface area contributed by atoms with Gasteiger partial charge < -0.3 is 15.5 Å². The highest BCUT2D eigenvalue weighted by molar-refractivity contribution is 5.94. The average Bonchev–Trinajstić information content (AvgIpc) is 2.98. The van der Waals surface area contributed by atoms with Crippen LogP contribution in [0.4, 0.5) is 0 Å². The highest BCUT2D eigenvalue weighted by Crippen LogP contribution is 2.18. The van der Waals surface area contributed by atoms with Crippen LogP contribution in [0.1, 0.15) is 47.9 Å². The Morgan fingerprint density at radius 3 is 3.00 bits per heavy atom. The number of fused-ring (bicyclic) bond motifs is 1. The van der Waals surface area contributed by atoms with E-state index in [1.54, 1.807) is 0 Å². The molecule has 1 fully saturated rings.